The summed E-state index contributed by atoms with van der Waals surface area (Å²) in [5.41, 5.74) is 5.17. The second-order valence-electron chi connectivity index (χ2n) is 24.2. The van der Waals surface area contributed by atoms with E-state index in [4.69, 9.17) is 0 Å². The van der Waals surface area contributed by atoms with E-state index in [0.717, 1.165) is 49.3 Å². The zero-order chi connectivity index (χ0) is 57.8. The van der Waals surface area contributed by atoms with Gasteiger partial charge in [-0.05, 0) is 119 Å². The Morgan fingerprint density at radius 1 is 0.272 bits per heavy atom. The van der Waals surface area contributed by atoms with Gasteiger partial charge in [0.15, 0.2) is 0 Å². The van der Waals surface area contributed by atoms with Gasteiger partial charge in [0.2, 0.25) is 0 Å². The SMILES string of the molecule is CCCCCCCCCCCCCc1cc2cccc(S(=O)(=O)[O-])c2cc1CCCCCCCCCCCCC.CCCCCCCCCCCCCc1cc2cccc(S(=O)(=O)[O-])c2cc1CCCCCCCCCCCCC.[Ba+2]. The van der Waals surface area contributed by atoms with Crippen molar-refractivity contribution in [3.8, 4) is 0 Å². The van der Waals surface area contributed by atoms with Gasteiger partial charge in [0.05, 0.1) is 9.79 Å². The number of hydrogen-bond donors (Lipinski definition) is 0. The van der Waals surface area contributed by atoms with Crippen LogP contribution in [0.1, 0.15) is 332 Å². The smallest absolute Gasteiger partial charge is 0.744 e. The summed E-state index contributed by atoms with van der Waals surface area (Å²) in [5.74, 6) is 0. The summed E-state index contributed by atoms with van der Waals surface area (Å²) < 4.78 is 71.6. The van der Waals surface area contributed by atoms with Crippen LogP contribution in [0.4, 0.5) is 0 Å². The molecule has 0 amide bonds. The number of rotatable bonds is 50. The monoisotopic (exact) mass is 1280 g/mol. The molecule has 0 aliphatic heterocycles. The van der Waals surface area contributed by atoms with Crippen LogP contribution >= 0.6 is 0 Å². The molecule has 0 aliphatic carbocycles. The van der Waals surface area contributed by atoms with Gasteiger partial charge in [-0.2, -0.15) is 0 Å². The van der Waals surface area contributed by atoms with Gasteiger partial charge in [0, 0.05) is 0 Å². The third-order valence-corrected chi connectivity index (χ3v) is 18.8. The summed E-state index contributed by atoms with van der Waals surface area (Å²) in [6.07, 6.45) is 62.3. The Labute approximate surface area is 540 Å². The topological polar surface area (TPSA) is 114 Å². The molecular formula is C72H118BaO6S2. The summed E-state index contributed by atoms with van der Waals surface area (Å²) in [6, 6.07) is 18.6. The minimum absolute atomic E-state index is 0. The first-order chi connectivity index (χ1) is 38.9. The molecule has 81 heavy (non-hydrogen) atoms. The van der Waals surface area contributed by atoms with Gasteiger partial charge in [-0.1, -0.05) is 321 Å². The minimum atomic E-state index is -4.49. The maximum atomic E-state index is 11.9. The van der Waals surface area contributed by atoms with E-state index in [-0.39, 0.29) is 58.7 Å². The number of fused-ring (bicyclic) bond motifs is 2. The Hall–Kier alpha value is -1.21. The molecule has 6 nitrogen and oxygen atoms in total. The zero-order valence-corrected chi connectivity index (χ0v) is 58.8. The van der Waals surface area contributed by atoms with Crippen LogP contribution in [-0.2, 0) is 45.9 Å². The van der Waals surface area contributed by atoms with Crippen LogP contribution in [-0.4, -0.2) is 74.8 Å². The van der Waals surface area contributed by atoms with E-state index in [9.17, 15) is 25.9 Å². The molecule has 0 atom stereocenters. The van der Waals surface area contributed by atoms with Crippen molar-refractivity contribution in [2.45, 2.75) is 346 Å². The Morgan fingerprint density at radius 3 is 0.654 bits per heavy atom. The molecule has 0 aromatic heterocycles. The van der Waals surface area contributed by atoms with Crippen molar-refractivity contribution in [3.63, 3.8) is 0 Å². The third-order valence-electron chi connectivity index (χ3n) is 17.1. The third kappa shape index (κ3) is 35.3. The fraction of sp³-hybridized carbons (Fsp3) is 0.722. The molecule has 0 N–H and O–H groups in total. The molecule has 0 saturated heterocycles. The van der Waals surface area contributed by atoms with E-state index in [2.05, 4.69) is 39.8 Å². The summed E-state index contributed by atoms with van der Waals surface area (Å²) in [7, 11) is -8.99. The van der Waals surface area contributed by atoms with Gasteiger partial charge in [0.1, 0.15) is 20.2 Å². The van der Waals surface area contributed by atoms with Gasteiger partial charge < -0.3 is 9.11 Å². The van der Waals surface area contributed by atoms with Crippen LogP contribution in [0.25, 0.3) is 21.5 Å². The van der Waals surface area contributed by atoms with E-state index in [1.54, 1.807) is 12.1 Å². The van der Waals surface area contributed by atoms with Gasteiger partial charge in [0.25, 0.3) is 0 Å². The van der Waals surface area contributed by atoms with E-state index in [0.29, 0.717) is 10.8 Å². The molecule has 4 aromatic carbocycles. The summed E-state index contributed by atoms with van der Waals surface area (Å²) in [4.78, 5) is -0.155. The quantitative estimate of drug-likeness (QED) is 0.0247. The van der Waals surface area contributed by atoms with E-state index in [1.807, 2.05) is 24.3 Å². The molecular weight excluding hydrogens is 1160 g/mol. The first-order valence-electron chi connectivity index (χ1n) is 33.9. The van der Waals surface area contributed by atoms with Crippen LogP contribution in [0.15, 0.2) is 70.5 Å². The Balaban J connectivity index is 0.000000547. The zero-order valence-electron chi connectivity index (χ0n) is 52.7. The van der Waals surface area contributed by atoms with Crippen LogP contribution in [0.5, 0.6) is 0 Å². The van der Waals surface area contributed by atoms with Crippen molar-refractivity contribution < 1.29 is 25.9 Å². The van der Waals surface area contributed by atoms with Crippen LogP contribution in [0, 0.1) is 0 Å². The Morgan fingerprint density at radius 2 is 0.457 bits per heavy atom. The van der Waals surface area contributed by atoms with Crippen molar-refractivity contribution in [1.82, 2.24) is 0 Å². The summed E-state index contributed by atoms with van der Waals surface area (Å²) in [5, 5.41) is 2.94. The van der Waals surface area contributed by atoms with Crippen molar-refractivity contribution >= 4 is 90.7 Å². The van der Waals surface area contributed by atoms with Crippen molar-refractivity contribution in [1.29, 1.82) is 0 Å². The number of benzene rings is 4. The maximum absolute atomic E-state index is 11.9. The molecule has 4 aromatic rings. The molecule has 0 bridgehead atoms. The number of unbranched alkanes of at least 4 members (excludes halogenated alkanes) is 40. The van der Waals surface area contributed by atoms with E-state index >= 15 is 0 Å². The van der Waals surface area contributed by atoms with Gasteiger partial charge in [-0.15, -0.1) is 0 Å². The predicted octanol–water partition coefficient (Wildman–Crippen LogP) is 22.5. The van der Waals surface area contributed by atoms with Crippen molar-refractivity contribution in [2.75, 3.05) is 0 Å². The maximum Gasteiger partial charge on any atom is 2.00 e. The predicted molar refractivity (Wildman–Crippen MR) is 350 cm³/mol. The van der Waals surface area contributed by atoms with Gasteiger partial charge in [-0.3, -0.25) is 0 Å². The average Bonchev–Trinajstić information content (AvgIpc) is 3.43. The molecule has 0 heterocycles. The van der Waals surface area contributed by atoms with E-state index < -0.39 is 20.2 Å². The first kappa shape index (κ1) is 75.9. The second-order valence-corrected chi connectivity index (χ2v) is 26.9. The normalized spacial score (nSPS) is 11.8. The number of aryl methyl sites for hydroxylation is 4. The molecule has 0 radical (unpaired) electrons. The van der Waals surface area contributed by atoms with Crippen molar-refractivity contribution in [2.24, 2.45) is 0 Å². The van der Waals surface area contributed by atoms with Crippen LogP contribution in [0.2, 0.25) is 0 Å². The van der Waals surface area contributed by atoms with Crippen molar-refractivity contribution in [3.05, 3.63) is 82.9 Å². The molecule has 0 fully saturated rings. The molecule has 9 heteroatoms. The van der Waals surface area contributed by atoms with Gasteiger partial charge >= 0.3 is 48.9 Å². The van der Waals surface area contributed by atoms with Crippen LogP contribution in [0.3, 0.4) is 0 Å². The van der Waals surface area contributed by atoms with Gasteiger partial charge in [-0.25, -0.2) is 16.8 Å². The molecule has 0 unspecified atom stereocenters. The molecule has 456 valence electrons. The summed E-state index contributed by atoms with van der Waals surface area (Å²) in [6.45, 7) is 9.08. The minimum Gasteiger partial charge on any atom is -0.744 e. The molecule has 0 aliphatic rings. The fourth-order valence-electron chi connectivity index (χ4n) is 12.1. The average molecular weight is 1280 g/mol. The number of hydrogen-bond acceptors (Lipinski definition) is 6. The second kappa shape index (κ2) is 48.9. The Kier molecular flexibility index (Phi) is 45.8. The van der Waals surface area contributed by atoms with E-state index in [1.165, 1.54) is 304 Å². The molecule has 0 saturated carbocycles. The Bertz CT molecular complexity index is 2230. The molecule has 0 spiro atoms. The first-order valence-corrected chi connectivity index (χ1v) is 36.8. The largest absolute Gasteiger partial charge is 2.00 e. The standard InChI is InChI=1S/2C36H60O3S.Ba/c2*1-3-5-7-9-11-13-15-17-19-21-23-26-32-30-34-28-25-29-36(40(37,38)39)35(34)31-33(32)27-24-22-20-18-16-14-12-10-8-6-4-2;/h2*25,28-31H,3-24,26-27H2,1-2H3,(H,37,38,39);/q;;+2/p-2. The molecule has 4 rings (SSSR count). The van der Waals surface area contributed by atoms with Crippen LogP contribution < -0.4 is 0 Å². The summed E-state index contributed by atoms with van der Waals surface area (Å²) >= 11 is 0. The fourth-order valence-corrected chi connectivity index (χ4v) is 13.4.